The standard InChI is InChI=1S/CHO2.CH3.Al.H2N/c2-1-3;;;/h(H,2,3);1H3;;1H2/q;;+1;-1. The Morgan fingerprint density at radius 1 is 2.00 bits per heavy atom. The highest BCUT2D eigenvalue weighted by Crippen LogP contribution is 1.67. The first kappa shape index (κ1) is 5.96. The van der Waals surface area contributed by atoms with Gasteiger partial charge in [-0.15, -0.1) is 0 Å². The number of nitrogens with two attached hydrogens (primary N) is 1. The van der Waals surface area contributed by atoms with Gasteiger partial charge in [0.05, 0.1) is 0 Å². The van der Waals surface area contributed by atoms with Gasteiger partial charge in [0.15, 0.2) is 0 Å². The number of hydrogen-bond acceptors (Lipinski definition) is 2. The van der Waals surface area contributed by atoms with Crippen LogP contribution < -0.4 is 4.72 Å². The van der Waals surface area contributed by atoms with E-state index in [0.717, 1.165) is 0 Å². The molecule has 0 aromatic carbocycles. The van der Waals surface area contributed by atoms with E-state index in [2.05, 4.69) is 0 Å². The highest BCUT2D eigenvalue weighted by molar-refractivity contribution is 6.84. The van der Waals surface area contributed by atoms with E-state index in [9.17, 15) is 4.79 Å². The van der Waals surface area contributed by atoms with Crippen molar-refractivity contribution in [3.63, 3.8) is 0 Å². The van der Waals surface area contributed by atoms with Gasteiger partial charge < -0.3 is 9.82 Å². The highest BCUT2D eigenvalue weighted by Gasteiger charge is 2.13. The van der Waals surface area contributed by atoms with E-state index in [0.29, 0.717) is 0 Å². The van der Waals surface area contributed by atoms with Crippen LogP contribution in [0.1, 0.15) is 0 Å². The topological polar surface area (TPSA) is 63.3 Å². The Morgan fingerprint density at radius 2 is 2.17 bits per heavy atom. The molecule has 0 bridgehead atoms. The van der Waals surface area contributed by atoms with Crippen LogP contribution in [0.25, 0.3) is 0 Å². The Balaban J connectivity index is 3.26. The first-order valence-electron chi connectivity index (χ1n) is 1.63. The second kappa shape index (κ2) is 2.19. The number of rotatable bonds is 1. The molecule has 0 aliphatic rings. The van der Waals surface area contributed by atoms with Crippen molar-refractivity contribution in [2.24, 2.45) is 4.72 Å². The maximum atomic E-state index is 9.64. The highest BCUT2D eigenvalue weighted by atomic mass is 27.2. The summed E-state index contributed by atoms with van der Waals surface area (Å²) in [4.78, 5) is 8.81. The average Bonchev–Trinajstić information content (AvgIpc) is 1.36. The lowest BCUT2D eigenvalue weighted by atomic mass is 11.6. The van der Waals surface area contributed by atoms with Crippen LogP contribution in [0.15, 0.2) is 0 Å². The fraction of sp³-hybridized carbons (Fsp3) is 0.500. The van der Waals surface area contributed by atoms with Gasteiger partial charge in [0.25, 0.3) is 0 Å². The fourth-order valence-corrected chi connectivity index (χ4v) is 0. The lowest BCUT2D eigenvalue weighted by Crippen LogP contribution is -2.30. The van der Waals surface area contributed by atoms with E-state index in [1.807, 2.05) is 0 Å². The molecule has 0 amide bonds. The molecule has 0 saturated carbocycles. The van der Waals surface area contributed by atoms with Crippen LogP contribution in [-0.4, -0.2) is 24.3 Å². The van der Waals surface area contributed by atoms with Crippen LogP contribution in [0, 0.1) is 0 Å². The number of hydrogen-bond donors (Lipinski definition) is 2. The van der Waals surface area contributed by atoms with Crippen LogP contribution in [0.4, 0.5) is 4.79 Å². The van der Waals surface area contributed by atoms with Gasteiger partial charge in [0, 0.05) is 0 Å². The molecule has 0 spiro atoms. The Hall–Kier alpha value is -0.0375. The van der Waals surface area contributed by atoms with E-state index in [1.54, 1.807) is 5.79 Å². The quantitative estimate of drug-likeness (QED) is 0.453. The normalized spacial score (nSPS) is 7.67. The molecule has 0 atom stereocenters. The Kier molecular flexibility index (Phi) is 2.18. The molecule has 3 nitrogen and oxygen atoms in total. The summed E-state index contributed by atoms with van der Waals surface area (Å²) in [5.41, 5.74) is 0. The van der Waals surface area contributed by atoms with Crippen LogP contribution in [0.2, 0.25) is 5.79 Å². The summed E-state index contributed by atoms with van der Waals surface area (Å²) < 4.78 is 4.97. The third-order valence-electron chi connectivity index (χ3n) is 0.390. The number of carbonyl (C=O) groups is 1. The molecule has 0 heterocycles. The van der Waals surface area contributed by atoms with Crippen molar-refractivity contribution in [2.75, 3.05) is 0 Å². The molecule has 0 aliphatic carbocycles. The average molecular weight is 103 g/mol. The zero-order chi connectivity index (χ0) is 5.15. The molecule has 0 fully saturated rings. The second-order valence-corrected chi connectivity index (χ2v) is 3.20. The zero-order valence-electron chi connectivity index (χ0n) is 3.51. The predicted octanol–water partition coefficient (Wildman–Crippen LogP) is -0.174. The maximum absolute atomic E-state index is 9.64. The third kappa shape index (κ3) is 2.21. The van der Waals surface area contributed by atoms with E-state index >= 15 is 0 Å². The first-order chi connectivity index (χ1) is 2.64. The lowest BCUT2D eigenvalue weighted by Gasteiger charge is -1.81. The van der Waals surface area contributed by atoms with Gasteiger partial charge in [0.1, 0.15) is 0 Å². The number of carboxylic acid groups (broad SMARTS) is 1. The Labute approximate surface area is 40.4 Å². The molecule has 4 heteroatoms. The van der Waals surface area contributed by atoms with Gasteiger partial charge in [-0.05, 0) is 0 Å². The molecule has 0 rings (SSSR count). The molecule has 0 unspecified atom stereocenters. The Bertz CT molecular complexity index is 62.6. The van der Waals surface area contributed by atoms with E-state index in [4.69, 9.17) is 9.82 Å². The van der Waals surface area contributed by atoms with Gasteiger partial charge in [-0.3, -0.25) is 4.79 Å². The van der Waals surface area contributed by atoms with Gasteiger partial charge in [-0.1, -0.05) is 5.79 Å². The van der Waals surface area contributed by atoms with Crippen molar-refractivity contribution in [1.82, 2.24) is 0 Å². The molecular weight excluding hydrogens is 97.0 g/mol. The van der Waals surface area contributed by atoms with Crippen LogP contribution >= 0.6 is 0 Å². The van der Waals surface area contributed by atoms with Gasteiger partial charge >= 0.3 is 14.4 Å². The molecule has 0 radical (unpaired) electrons. The second-order valence-electron chi connectivity index (χ2n) is 1.13. The first-order valence-corrected chi connectivity index (χ1v) is 4.03. The summed E-state index contributed by atoms with van der Waals surface area (Å²) >= 11 is -1.83. The molecule has 34 valence electrons. The SMILES string of the molecule is [CH3][Al]([NH2])[C](=O)O. The zero-order valence-corrected chi connectivity index (χ0v) is 4.66. The van der Waals surface area contributed by atoms with Gasteiger partial charge in [0.2, 0.25) is 4.83 Å². The fourth-order valence-electron chi connectivity index (χ4n) is 0. The molecule has 0 aromatic rings. The summed E-state index contributed by atoms with van der Waals surface area (Å²) in [7, 11) is 0. The monoisotopic (exact) mass is 103 g/mol. The Morgan fingerprint density at radius 3 is 2.17 bits per heavy atom. The maximum Gasteiger partial charge on any atom is 0.529 e. The molecular formula is C2H6AlNO2. The van der Waals surface area contributed by atoms with Crippen molar-refractivity contribution < 1.29 is 9.90 Å². The molecule has 0 aromatic heterocycles. The van der Waals surface area contributed by atoms with Crippen molar-refractivity contribution in [3.05, 3.63) is 0 Å². The predicted molar refractivity (Wildman–Crippen MR) is 23.8 cm³/mol. The van der Waals surface area contributed by atoms with Crippen LogP contribution in [0.3, 0.4) is 0 Å². The van der Waals surface area contributed by atoms with Crippen molar-refractivity contribution in [1.29, 1.82) is 0 Å². The summed E-state index contributed by atoms with van der Waals surface area (Å²) in [5, 5.41) is 7.93. The molecule has 0 saturated heterocycles. The molecule has 0 aliphatic heterocycles. The largest absolute Gasteiger partial charge is 0.529 e. The summed E-state index contributed by atoms with van der Waals surface area (Å²) in [6.07, 6.45) is 0. The van der Waals surface area contributed by atoms with Gasteiger partial charge in [-0.25, -0.2) is 0 Å². The van der Waals surface area contributed by atoms with Crippen LogP contribution in [-0.2, 0) is 0 Å². The minimum absolute atomic E-state index is 0.824. The minimum atomic E-state index is -1.83. The summed E-state index contributed by atoms with van der Waals surface area (Å²) in [5.74, 6) is 1.56. The van der Waals surface area contributed by atoms with E-state index < -0.39 is 19.2 Å². The van der Waals surface area contributed by atoms with E-state index in [-0.39, 0.29) is 0 Å². The molecule has 3 N–H and O–H groups in total. The van der Waals surface area contributed by atoms with Crippen molar-refractivity contribution in [3.8, 4) is 0 Å². The van der Waals surface area contributed by atoms with Crippen LogP contribution in [0.5, 0.6) is 0 Å². The minimum Gasteiger partial charge on any atom is -0.495 e. The summed E-state index contributed by atoms with van der Waals surface area (Å²) in [6.45, 7) is 0. The van der Waals surface area contributed by atoms with E-state index in [1.165, 1.54) is 0 Å². The molecule has 6 heavy (non-hydrogen) atoms. The lowest BCUT2D eigenvalue weighted by molar-refractivity contribution is 0.219. The summed E-state index contributed by atoms with van der Waals surface area (Å²) in [6, 6.07) is 0. The van der Waals surface area contributed by atoms with Gasteiger partial charge in [-0.2, -0.15) is 0 Å². The smallest absolute Gasteiger partial charge is 0.495 e. The van der Waals surface area contributed by atoms with Crippen molar-refractivity contribution >= 4 is 19.2 Å². The third-order valence-corrected chi connectivity index (χ3v) is 1.17. The van der Waals surface area contributed by atoms with Crippen molar-refractivity contribution in [2.45, 2.75) is 5.79 Å².